The monoisotopic (exact) mass is 255 g/mol. The van der Waals surface area contributed by atoms with E-state index < -0.39 is 12.1 Å². The Labute approximate surface area is 105 Å². The first-order chi connectivity index (χ1) is 8.15. The normalized spacial score (nSPS) is 16.5. The fraction of sp³-hybridized carbons (Fsp3) is 0.417. The molecule has 92 valence electrons. The molecule has 1 saturated carbocycles. The summed E-state index contributed by atoms with van der Waals surface area (Å²) in [6.07, 6.45) is 1.37. The molecule has 17 heavy (non-hydrogen) atoms. The van der Waals surface area contributed by atoms with Gasteiger partial charge in [-0.05, 0) is 37.1 Å². The van der Waals surface area contributed by atoms with Gasteiger partial charge < -0.3 is 15.2 Å². The molecule has 1 fully saturated rings. The van der Waals surface area contributed by atoms with Crippen molar-refractivity contribution in [2.75, 3.05) is 6.54 Å². The van der Waals surface area contributed by atoms with E-state index in [4.69, 9.17) is 21.4 Å². The summed E-state index contributed by atoms with van der Waals surface area (Å²) in [5.41, 5.74) is 0. The van der Waals surface area contributed by atoms with Crippen LogP contribution in [0.1, 0.15) is 12.8 Å². The zero-order chi connectivity index (χ0) is 12.3. The largest absolute Gasteiger partial charge is 0.478 e. The van der Waals surface area contributed by atoms with Crippen molar-refractivity contribution in [1.29, 1.82) is 0 Å². The van der Waals surface area contributed by atoms with E-state index in [1.807, 2.05) is 0 Å². The lowest BCUT2D eigenvalue weighted by Gasteiger charge is -2.15. The summed E-state index contributed by atoms with van der Waals surface area (Å²) >= 11 is 5.74. The number of hydrogen-bond acceptors (Lipinski definition) is 3. The number of ether oxygens (including phenoxy) is 1. The SMILES string of the molecule is O=C(O)C(CNC1CC1)Oc1ccc(Cl)cc1. The number of benzene rings is 1. The van der Waals surface area contributed by atoms with Gasteiger partial charge in [0.1, 0.15) is 5.75 Å². The Morgan fingerprint density at radius 3 is 2.65 bits per heavy atom. The molecule has 2 rings (SSSR count). The Balaban J connectivity index is 1.91. The number of carboxylic acids is 1. The average molecular weight is 256 g/mol. The molecule has 2 N–H and O–H groups in total. The molecule has 0 saturated heterocycles. The highest BCUT2D eigenvalue weighted by atomic mass is 35.5. The van der Waals surface area contributed by atoms with Crippen LogP contribution in [0.25, 0.3) is 0 Å². The van der Waals surface area contributed by atoms with Gasteiger partial charge in [0.15, 0.2) is 0 Å². The molecule has 0 amide bonds. The second-order valence-corrected chi connectivity index (χ2v) is 4.52. The molecule has 1 atom stereocenters. The minimum absolute atomic E-state index is 0.322. The van der Waals surface area contributed by atoms with E-state index in [0.29, 0.717) is 23.4 Å². The zero-order valence-electron chi connectivity index (χ0n) is 9.23. The number of halogens is 1. The highest BCUT2D eigenvalue weighted by Crippen LogP contribution is 2.20. The van der Waals surface area contributed by atoms with E-state index >= 15 is 0 Å². The number of aliphatic carboxylic acids is 1. The third-order valence-electron chi connectivity index (χ3n) is 2.54. The van der Waals surface area contributed by atoms with Crippen molar-refractivity contribution in [3.63, 3.8) is 0 Å². The molecule has 0 heterocycles. The summed E-state index contributed by atoms with van der Waals surface area (Å²) in [5.74, 6) is -0.451. The Bertz CT molecular complexity index is 389. The quantitative estimate of drug-likeness (QED) is 0.816. The topological polar surface area (TPSA) is 58.6 Å². The van der Waals surface area contributed by atoms with Gasteiger partial charge in [-0.1, -0.05) is 11.6 Å². The standard InChI is InChI=1S/C12H14ClNO3/c13-8-1-5-10(6-2-8)17-11(12(15)16)7-14-9-3-4-9/h1-2,5-6,9,11,14H,3-4,7H2,(H,15,16). The molecule has 1 aromatic carbocycles. The molecule has 1 aliphatic rings. The van der Waals surface area contributed by atoms with E-state index in [9.17, 15) is 4.79 Å². The molecule has 4 nitrogen and oxygen atoms in total. The summed E-state index contributed by atoms with van der Waals surface area (Å²) in [7, 11) is 0. The molecule has 1 aromatic rings. The third kappa shape index (κ3) is 3.91. The first kappa shape index (κ1) is 12.2. The van der Waals surface area contributed by atoms with Crippen molar-refractivity contribution < 1.29 is 14.6 Å². The van der Waals surface area contributed by atoms with Gasteiger partial charge >= 0.3 is 5.97 Å². The molecule has 1 aliphatic carbocycles. The predicted octanol–water partition coefficient (Wildman–Crippen LogP) is 1.92. The van der Waals surface area contributed by atoms with E-state index in [-0.39, 0.29) is 0 Å². The average Bonchev–Trinajstić information content (AvgIpc) is 3.10. The number of carboxylic acid groups (broad SMARTS) is 1. The number of carbonyl (C=O) groups is 1. The van der Waals surface area contributed by atoms with Crippen molar-refractivity contribution in [1.82, 2.24) is 5.32 Å². The van der Waals surface area contributed by atoms with Crippen molar-refractivity contribution in [3.8, 4) is 5.75 Å². The maximum atomic E-state index is 11.0. The smallest absolute Gasteiger partial charge is 0.346 e. The second-order valence-electron chi connectivity index (χ2n) is 4.08. The Kier molecular flexibility index (Phi) is 3.86. The van der Waals surface area contributed by atoms with Crippen molar-refractivity contribution in [2.45, 2.75) is 25.0 Å². The van der Waals surface area contributed by atoms with Crippen LogP contribution < -0.4 is 10.1 Å². The van der Waals surface area contributed by atoms with Crippen molar-refractivity contribution in [3.05, 3.63) is 29.3 Å². The van der Waals surface area contributed by atoms with Crippen LogP contribution in [0.2, 0.25) is 5.02 Å². The van der Waals surface area contributed by atoms with Crippen LogP contribution in [0.4, 0.5) is 0 Å². The lowest BCUT2D eigenvalue weighted by atomic mass is 10.3. The van der Waals surface area contributed by atoms with Crippen LogP contribution in [-0.2, 0) is 4.79 Å². The molecule has 0 bridgehead atoms. The third-order valence-corrected chi connectivity index (χ3v) is 2.79. The molecule has 5 heteroatoms. The van der Waals surface area contributed by atoms with Gasteiger partial charge in [-0.25, -0.2) is 4.79 Å². The molecule has 0 aromatic heterocycles. The maximum Gasteiger partial charge on any atom is 0.346 e. The highest BCUT2D eigenvalue weighted by molar-refractivity contribution is 6.30. The Morgan fingerprint density at radius 2 is 2.12 bits per heavy atom. The number of hydrogen-bond donors (Lipinski definition) is 2. The van der Waals surface area contributed by atoms with Gasteiger partial charge in [-0.2, -0.15) is 0 Å². The lowest BCUT2D eigenvalue weighted by molar-refractivity contribution is -0.144. The summed E-state index contributed by atoms with van der Waals surface area (Å²) in [6, 6.07) is 7.13. The van der Waals surface area contributed by atoms with E-state index in [0.717, 1.165) is 12.8 Å². The Morgan fingerprint density at radius 1 is 1.47 bits per heavy atom. The molecule has 1 unspecified atom stereocenters. The first-order valence-electron chi connectivity index (χ1n) is 5.53. The van der Waals surface area contributed by atoms with E-state index in [1.165, 1.54) is 0 Å². The van der Waals surface area contributed by atoms with Gasteiger partial charge in [0.25, 0.3) is 0 Å². The van der Waals surface area contributed by atoms with Crippen LogP contribution >= 0.6 is 11.6 Å². The van der Waals surface area contributed by atoms with E-state index in [2.05, 4.69) is 5.32 Å². The predicted molar refractivity (Wildman–Crippen MR) is 64.5 cm³/mol. The van der Waals surface area contributed by atoms with Crippen molar-refractivity contribution >= 4 is 17.6 Å². The molecular weight excluding hydrogens is 242 g/mol. The second kappa shape index (κ2) is 5.38. The van der Waals surface area contributed by atoms with Gasteiger partial charge in [-0.15, -0.1) is 0 Å². The summed E-state index contributed by atoms with van der Waals surface area (Å²) in [6.45, 7) is 0.322. The molecule has 0 spiro atoms. The van der Waals surface area contributed by atoms with Crippen LogP contribution in [0.15, 0.2) is 24.3 Å². The zero-order valence-corrected chi connectivity index (χ0v) is 9.98. The van der Waals surface area contributed by atoms with Gasteiger partial charge in [-0.3, -0.25) is 0 Å². The Hall–Kier alpha value is -1.26. The number of nitrogens with one attached hydrogen (secondary N) is 1. The van der Waals surface area contributed by atoms with Crippen LogP contribution in [0, 0.1) is 0 Å². The van der Waals surface area contributed by atoms with Gasteiger partial charge in [0.2, 0.25) is 6.10 Å². The van der Waals surface area contributed by atoms with Gasteiger partial charge in [0, 0.05) is 17.6 Å². The van der Waals surface area contributed by atoms with E-state index in [1.54, 1.807) is 24.3 Å². The maximum absolute atomic E-state index is 11.0. The first-order valence-corrected chi connectivity index (χ1v) is 5.91. The molecule has 0 radical (unpaired) electrons. The van der Waals surface area contributed by atoms with Crippen LogP contribution in [-0.4, -0.2) is 29.8 Å². The van der Waals surface area contributed by atoms with Crippen LogP contribution in [0.5, 0.6) is 5.75 Å². The minimum atomic E-state index is -0.965. The molecular formula is C12H14ClNO3. The van der Waals surface area contributed by atoms with Gasteiger partial charge in [0.05, 0.1) is 0 Å². The highest BCUT2D eigenvalue weighted by Gasteiger charge is 2.25. The summed E-state index contributed by atoms with van der Waals surface area (Å²) in [5, 5.41) is 12.8. The molecule has 0 aliphatic heterocycles. The minimum Gasteiger partial charge on any atom is -0.478 e. The lowest BCUT2D eigenvalue weighted by Crippen LogP contribution is -2.38. The fourth-order valence-electron chi connectivity index (χ4n) is 1.42. The summed E-state index contributed by atoms with van der Waals surface area (Å²) < 4.78 is 5.39. The van der Waals surface area contributed by atoms with Crippen LogP contribution in [0.3, 0.4) is 0 Å². The van der Waals surface area contributed by atoms with Crippen molar-refractivity contribution in [2.24, 2.45) is 0 Å². The number of rotatable bonds is 6. The summed E-state index contributed by atoms with van der Waals surface area (Å²) in [4.78, 5) is 11.0. The fourth-order valence-corrected chi connectivity index (χ4v) is 1.54.